The number of anilines is 1. The van der Waals surface area contributed by atoms with Gasteiger partial charge in [-0.1, -0.05) is 26.3 Å². The molecule has 1 heterocycles. The Balaban J connectivity index is 2.32. The second-order valence-electron chi connectivity index (χ2n) is 6.96. The van der Waals surface area contributed by atoms with E-state index < -0.39 is 11.9 Å². The van der Waals surface area contributed by atoms with Gasteiger partial charge in [-0.05, 0) is 50.5 Å². The maximum atomic E-state index is 12.8. The molecule has 0 spiro atoms. The zero-order valence-electron chi connectivity index (χ0n) is 17.4. The van der Waals surface area contributed by atoms with Crippen LogP contribution in [-0.4, -0.2) is 29.4 Å². The maximum Gasteiger partial charge on any atom is 0.429 e. The van der Waals surface area contributed by atoms with E-state index in [0.717, 1.165) is 40.8 Å². The molecule has 2 aromatic rings. The molecule has 2 rings (SSSR count). The van der Waals surface area contributed by atoms with Crippen LogP contribution < -0.4 is 5.32 Å². The predicted octanol–water partition coefficient (Wildman–Crippen LogP) is 6.83. The molecular weight excluding hydrogens is 397 g/mol. The fourth-order valence-corrected chi connectivity index (χ4v) is 3.80. The Hall–Kier alpha value is -2.22. The zero-order chi connectivity index (χ0) is 21.6. The Kier molecular flexibility index (Phi) is 7.96. The summed E-state index contributed by atoms with van der Waals surface area (Å²) >= 11 is 1.65. The summed E-state index contributed by atoms with van der Waals surface area (Å²) in [4.78, 5) is 13.3. The van der Waals surface area contributed by atoms with Gasteiger partial charge in [0.25, 0.3) is 0 Å². The molecule has 0 saturated heterocycles. The van der Waals surface area contributed by atoms with Crippen molar-refractivity contribution >= 4 is 28.7 Å². The molecule has 0 radical (unpaired) electrons. The number of thiazole rings is 1. The number of aliphatic imine (C=N–C) groups is 2. The summed E-state index contributed by atoms with van der Waals surface area (Å²) in [5.74, 6) is 0.351. The number of alkyl halides is 3. The highest BCUT2D eigenvalue weighted by molar-refractivity contribution is 7.15. The van der Waals surface area contributed by atoms with Crippen LogP contribution in [0.1, 0.15) is 57.0 Å². The van der Waals surface area contributed by atoms with Crippen LogP contribution in [-0.2, 0) is 0 Å². The molecule has 1 aromatic heterocycles. The lowest BCUT2D eigenvalue weighted by Crippen LogP contribution is -2.23. The molecule has 0 fully saturated rings. The summed E-state index contributed by atoms with van der Waals surface area (Å²) in [7, 11) is 0. The van der Waals surface area contributed by atoms with Crippen molar-refractivity contribution in [3.8, 4) is 10.4 Å². The zero-order valence-corrected chi connectivity index (χ0v) is 18.2. The van der Waals surface area contributed by atoms with Gasteiger partial charge in [0.2, 0.25) is 5.96 Å². The number of benzene rings is 1. The average Bonchev–Trinajstić information content (AvgIpc) is 3.11. The van der Waals surface area contributed by atoms with Crippen molar-refractivity contribution in [2.24, 2.45) is 9.98 Å². The number of halogens is 3. The van der Waals surface area contributed by atoms with E-state index in [0.29, 0.717) is 18.2 Å². The molecule has 1 N–H and O–H groups in total. The Morgan fingerprint density at radius 3 is 2.59 bits per heavy atom. The van der Waals surface area contributed by atoms with Gasteiger partial charge < -0.3 is 5.32 Å². The second kappa shape index (κ2) is 10.0. The van der Waals surface area contributed by atoms with E-state index in [1.165, 1.54) is 0 Å². The number of rotatable bonds is 6. The van der Waals surface area contributed by atoms with E-state index >= 15 is 0 Å². The third-order valence-electron chi connectivity index (χ3n) is 4.28. The minimum atomic E-state index is -4.48. The highest BCUT2D eigenvalue weighted by Crippen LogP contribution is 2.33. The van der Waals surface area contributed by atoms with Crippen molar-refractivity contribution in [2.75, 3.05) is 11.9 Å². The summed E-state index contributed by atoms with van der Waals surface area (Å²) in [5, 5.41) is 4.02. The summed E-state index contributed by atoms with van der Waals surface area (Å²) in [6.07, 6.45) is -0.438. The van der Waals surface area contributed by atoms with Crippen molar-refractivity contribution in [3.63, 3.8) is 0 Å². The topological polar surface area (TPSA) is 49.6 Å². The number of guanidine groups is 1. The van der Waals surface area contributed by atoms with E-state index in [1.54, 1.807) is 18.3 Å². The molecule has 4 nitrogen and oxygen atoms in total. The first-order valence-electron chi connectivity index (χ1n) is 9.65. The number of hydrogen-bond acceptors (Lipinski definition) is 3. The van der Waals surface area contributed by atoms with Gasteiger partial charge in [-0.15, -0.1) is 11.3 Å². The van der Waals surface area contributed by atoms with Gasteiger partial charge in [0.1, 0.15) is 5.71 Å². The second-order valence-corrected chi connectivity index (χ2v) is 8.02. The van der Waals surface area contributed by atoms with Crippen molar-refractivity contribution in [3.05, 3.63) is 35.0 Å². The van der Waals surface area contributed by atoms with Gasteiger partial charge in [-0.25, -0.2) is 9.98 Å². The van der Waals surface area contributed by atoms with Crippen LogP contribution in [0.2, 0.25) is 0 Å². The van der Waals surface area contributed by atoms with Crippen molar-refractivity contribution in [1.82, 2.24) is 4.98 Å². The van der Waals surface area contributed by atoms with Gasteiger partial charge in [-0.2, -0.15) is 13.2 Å². The summed E-state index contributed by atoms with van der Waals surface area (Å²) in [6, 6.07) is 5.78. The number of nitrogens with zero attached hydrogens (tertiary/aromatic N) is 3. The highest BCUT2D eigenvalue weighted by Gasteiger charge is 2.32. The van der Waals surface area contributed by atoms with Crippen LogP contribution in [0.15, 0.2) is 34.4 Å². The third-order valence-corrected chi connectivity index (χ3v) is 5.55. The fourth-order valence-electron chi connectivity index (χ4n) is 2.81. The fraction of sp³-hybridized carbons (Fsp3) is 0.476. The molecule has 1 atom stereocenters. The van der Waals surface area contributed by atoms with Gasteiger partial charge in [0, 0.05) is 24.3 Å². The predicted molar refractivity (Wildman–Crippen MR) is 116 cm³/mol. The first-order chi connectivity index (χ1) is 13.6. The standard InChI is InChI=1S/C21H27F3N4S/c1-6-8-14(4)19-26-12-18(29-19)16-9-13(3)10-17(11-16)28-20(25-7-2)27-15(5)21(22,23)24/h9-12,14H,6-8H2,1-5H3,(H,25,28)/b27-15+/t14-/m1/s1. The van der Waals surface area contributed by atoms with E-state index in [9.17, 15) is 13.2 Å². The Morgan fingerprint density at radius 2 is 1.97 bits per heavy atom. The minimum Gasteiger partial charge on any atom is -0.324 e. The molecule has 0 aliphatic rings. The monoisotopic (exact) mass is 424 g/mol. The highest BCUT2D eigenvalue weighted by atomic mass is 32.1. The van der Waals surface area contributed by atoms with Crippen LogP contribution in [0.5, 0.6) is 0 Å². The molecule has 0 unspecified atom stereocenters. The molecule has 0 aliphatic carbocycles. The van der Waals surface area contributed by atoms with Crippen molar-refractivity contribution < 1.29 is 13.2 Å². The van der Waals surface area contributed by atoms with Crippen molar-refractivity contribution in [2.45, 2.75) is 59.6 Å². The van der Waals surface area contributed by atoms with Crippen LogP contribution in [0, 0.1) is 6.92 Å². The average molecular weight is 425 g/mol. The Morgan fingerprint density at radius 1 is 1.24 bits per heavy atom. The summed E-state index contributed by atoms with van der Waals surface area (Å²) in [5.41, 5.74) is 1.64. The van der Waals surface area contributed by atoms with Gasteiger partial charge in [0.05, 0.1) is 9.88 Å². The van der Waals surface area contributed by atoms with Gasteiger partial charge >= 0.3 is 6.18 Å². The third kappa shape index (κ3) is 6.66. The molecule has 0 bridgehead atoms. The van der Waals surface area contributed by atoms with Crippen LogP contribution in [0.3, 0.4) is 0 Å². The minimum absolute atomic E-state index is 0.0552. The molecule has 158 valence electrons. The lowest BCUT2D eigenvalue weighted by atomic mass is 10.1. The number of aromatic nitrogens is 1. The van der Waals surface area contributed by atoms with E-state index in [1.807, 2.05) is 31.3 Å². The molecular formula is C21H27F3N4S. The normalized spacial score (nSPS) is 14.2. The molecule has 0 aliphatic heterocycles. The first-order valence-corrected chi connectivity index (χ1v) is 10.5. The van der Waals surface area contributed by atoms with Crippen molar-refractivity contribution in [1.29, 1.82) is 0 Å². The molecule has 0 saturated carbocycles. The quantitative estimate of drug-likeness (QED) is 0.408. The maximum absolute atomic E-state index is 12.8. The Labute approximate surface area is 174 Å². The SMILES string of the molecule is CCC[C@@H](C)c1ncc(-c2cc(C)cc(NC(=NCC)/N=C(\C)C(F)(F)F)c2)s1. The lowest BCUT2D eigenvalue weighted by Gasteiger charge is -2.11. The number of aryl methyl sites for hydroxylation is 1. The molecule has 1 aromatic carbocycles. The Bertz CT molecular complexity index is 884. The van der Waals surface area contributed by atoms with E-state index in [2.05, 4.69) is 34.1 Å². The molecule has 8 heteroatoms. The number of nitrogens with one attached hydrogen (secondary N) is 1. The van der Waals surface area contributed by atoms with Crippen LogP contribution >= 0.6 is 11.3 Å². The van der Waals surface area contributed by atoms with E-state index in [-0.39, 0.29) is 5.96 Å². The first kappa shape index (κ1) is 23.1. The van der Waals surface area contributed by atoms with Gasteiger partial charge in [-0.3, -0.25) is 4.99 Å². The van der Waals surface area contributed by atoms with Gasteiger partial charge in [0.15, 0.2) is 0 Å². The summed E-state index contributed by atoms with van der Waals surface area (Å²) < 4.78 is 38.5. The van der Waals surface area contributed by atoms with E-state index in [4.69, 9.17) is 0 Å². The summed E-state index contributed by atoms with van der Waals surface area (Å²) in [6.45, 7) is 9.27. The molecule has 0 amide bonds. The largest absolute Gasteiger partial charge is 0.429 e. The van der Waals surface area contributed by atoms with Crippen LogP contribution in [0.25, 0.3) is 10.4 Å². The van der Waals surface area contributed by atoms with Crippen LogP contribution in [0.4, 0.5) is 18.9 Å². The smallest absolute Gasteiger partial charge is 0.324 e. The lowest BCUT2D eigenvalue weighted by molar-refractivity contribution is -0.0590. The number of hydrogen-bond donors (Lipinski definition) is 1. The molecule has 29 heavy (non-hydrogen) atoms.